The normalized spacial score (nSPS) is 18.9. The number of carbonyl (C=O) groups is 1. The van der Waals surface area contributed by atoms with Gasteiger partial charge in [-0.2, -0.15) is 8.78 Å². The lowest BCUT2D eigenvalue weighted by Crippen LogP contribution is -2.59. The molecule has 3 aromatic rings. The molecule has 2 heterocycles. The van der Waals surface area contributed by atoms with Crippen LogP contribution in [-0.4, -0.2) is 147 Å². The highest BCUT2D eigenvalue weighted by Crippen LogP contribution is 2.37. The number of aryl methyl sites for hydroxylation is 1. The van der Waals surface area contributed by atoms with Crippen molar-refractivity contribution in [2.45, 2.75) is 69.4 Å². The zero-order valence-electron chi connectivity index (χ0n) is 33.6. The topological polar surface area (TPSA) is 255 Å². The lowest BCUT2D eigenvalue weighted by Gasteiger charge is -2.40. The number of esters is 1. The number of ether oxygens (including phenoxy) is 7. The number of aliphatic hydroxyl groups is 3. The van der Waals surface area contributed by atoms with Crippen molar-refractivity contribution in [1.82, 2.24) is 20.3 Å². The Morgan fingerprint density at radius 3 is 2.02 bits per heavy atom. The van der Waals surface area contributed by atoms with Crippen LogP contribution in [0.4, 0.5) is 27.6 Å². The van der Waals surface area contributed by atoms with E-state index in [0.29, 0.717) is 50.1 Å². The van der Waals surface area contributed by atoms with E-state index in [1.807, 2.05) is 6.20 Å². The van der Waals surface area contributed by atoms with E-state index in [2.05, 4.69) is 25.7 Å². The average molecular weight is 946 g/mol. The van der Waals surface area contributed by atoms with E-state index in [-0.39, 0.29) is 45.2 Å². The van der Waals surface area contributed by atoms with Gasteiger partial charge in [0.1, 0.15) is 24.1 Å². The number of halogens is 5. The van der Waals surface area contributed by atoms with Crippen LogP contribution in [0, 0.1) is 29.1 Å². The molecule has 352 valence electrons. The third kappa shape index (κ3) is 17.5. The Bertz CT molecular complexity index is 1930. The molecule has 0 unspecified atom stereocenters. The summed E-state index contributed by atoms with van der Waals surface area (Å²) in [6.07, 6.45) is -4.55. The van der Waals surface area contributed by atoms with Crippen LogP contribution in [0.15, 0.2) is 30.5 Å². The Balaban J connectivity index is 0.955. The Morgan fingerprint density at radius 1 is 0.810 bits per heavy atom. The number of aromatic nitrogens is 3. The number of hydrogen-bond acceptors (Lipinski definition) is 15. The van der Waals surface area contributed by atoms with Crippen molar-refractivity contribution in [2.75, 3.05) is 70.9 Å². The summed E-state index contributed by atoms with van der Waals surface area (Å²) in [7, 11) is -4.38. The molecule has 1 fully saturated rings. The molecule has 5 atom stereocenters. The number of hydrogen-bond donors (Lipinski definition) is 7. The lowest BCUT2D eigenvalue weighted by molar-refractivity contribution is -0.272. The van der Waals surface area contributed by atoms with E-state index in [1.54, 1.807) is 28.9 Å². The number of unbranched alkanes of at least 4 members (excludes halogenated alkanes) is 1. The number of anilines is 1. The van der Waals surface area contributed by atoms with E-state index in [4.69, 9.17) is 50.4 Å². The minimum absolute atomic E-state index is 0.0534. The fraction of sp³-hybridized carbons (Fsp3) is 0.568. The van der Waals surface area contributed by atoms with Gasteiger partial charge in [0.05, 0.1) is 83.8 Å². The fourth-order valence-electron chi connectivity index (χ4n) is 5.58. The molecule has 0 spiro atoms. The summed E-state index contributed by atoms with van der Waals surface area (Å²) in [5.41, 5.74) is 1.46. The van der Waals surface area contributed by atoms with Crippen molar-refractivity contribution < 1.29 is 89.6 Å². The molecule has 0 radical (unpaired) electrons. The number of rotatable bonds is 27. The maximum Gasteiger partial charge on any atom is 0.325 e. The first kappa shape index (κ1) is 51.7. The zero-order chi connectivity index (χ0) is 45.9. The Kier molecular flexibility index (Phi) is 21.4. The van der Waals surface area contributed by atoms with Crippen molar-refractivity contribution >= 4 is 36.6 Å². The van der Waals surface area contributed by atoms with Gasteiger partial charge in [0.2, 0.25) is 41.1 Å². The van der Waals surface area contributed by atoms with E-state index < -0.39 is 91.7 Å². The largest absolute Gasteiger partial charge is 0.462 e. The SMILES string of the molecule is O=C(CCOCCOCCOCCOCCn1cc(CCCCNC(=S)Nc2ccc(O[C@@H]3O[C@@H](CCP(=O)(O)O)[C@H](O)[C@@H](O)[C@H]3O)cc2)nn1)Oc1c(F)c(F)c(F)c(F)c1F. The second-order valence-corrected chi connectivity index (χ2v) is 15.9. The van der Waals surface area contributed by atoms with Crippen molar-refractivity contribution in [3.05, 3.63) is 65.2 Å². The second kappa shape index (κ2) is 26.1. The maximum absolute atomic E-state index is 13.6. The van der Waals surface area contributed by atoms with Crippen LogP contribution in [0.2, 0.25) is 0 Å². The van der Waals surface area contributed by atoms with Gasteiger partial charge in [-0.05, 0) is 62.2 Å². The fourth-order valence-corrected chi connectivity index (χ4v) is 6.39. The highest BCUT2D eigenvalue weighted by atomic mass is 32.1. The van der Waals surface area contributed by atoms with Crippen molar-refractivity contribution in [3.8, 4) is 11.5 Å². The third-order valence-corrected chi connectivity index (χ3v) is 9.97. The van der Waals surface area contributed by atoms with Crippen LogP contribution >= 0.6 is 19.8 Å². The molecule has 1 aliphatic rings. The molecule has 0 bridgehead atoms. The number of carbonyl (C=O) groups excluding carboxylic acids is 1. The number of thiocarbonyl (C=S) groups is 1. The molecule has 2 aromatic carbocycles. The molecule has 0 amide bonds. The monoisotopic (exact) mass is 945 g/mol. The number of aliphatic hydroxyl groups excluding tert-OH is 3. The standard InChI is InChI=1S/C37H49F5N5O14PS/c38-27-28(39)30(41)35(31(42)29(27)40)61-26(48)8-12-55-14-16-57-18-19-58-17-15-56-13-11-47-21-23(45-46-47)3-1-2-10-43-37(63)44-22-4-6-24(7-5-22)59-36-34(51)33(50)32(49)25(60-36)9-20-62(52,53)54/h4-7,21,25,32-34,36,49-51H,1-3,8-20H2,(H2,43,44,63)(H2,52,53,54)/t25-,32-,33+,34+,36+/m0/s1. The van der Waals surface area contributed by atoms with Gasteiger partial charge in [-0.15, -0.1) is 5.10 Å². The van der Waals surface area contributed by atoms with Gasteiger partial charge in [0, 0.05) is 18.4 Å². The first-order valence-electron chi connectivity index (χ1n) is 19.5. The summed E-state index contributed by atoms with van der Waals surface area (Å²) in [6.45, 7) is 2.58. The molecular formula is C37H49F5N5O14PS. The van der Waals surface area contributed by atoms with Crippen molar-refractivity contribution in [2.24, 2.45) is 0 Å². The van der Waals surface area contributed by atoms with E-state index in [1.165, 1.54) is 0 Å². The highest BCUT2D eigenvalue weighted by Gasteiger charge is 2.45. The molecule has 1 aliphatic heterocycles. The van der Waals surface area contributed by atoms with Crippen LogP contribution in [0.3, 0.4) is 0 Å². The highest BCUT2D eigenvalue weighted by molar-refractivity contribution is 7.80. The number of nitrogens with zero attached hydrogens (tertiary/aromatic N) is 3. The predicted octanol–water partition coefficient (Wildman–Crippen LogP) is 2.10. The van der Waals surface area contributed by atoms with Crippen LogP contribution in [-0.2, 0) is 46.0 Å². The molecule has 0 aliphatic carbocycles. The van der Waals surface area contributed by atoms with Crippen LogP contribution in [0.5, 0.6) is 11.5 Å². The lowest BCUT2D eigenvalue weighted by atomic mass is 9.97. The van der Waals surface area contributed by atoms with E-state index in [9.17, 15) is 46.6 Å². The number of benzene rings is 2. The maximum atomic E-state index is 13.6. The summed E-state index contributed by atoms with van der Waals surface area (Å²) in [5.74, 6) is -14.0. The molecule has 1 saturated heterocycles. The summed E-state index contributed by atoms with van der Waals surface area (Å²) < 4.78 is 116. The molecule has 63 heavy (non-hydrogen) atoms. The zero-order valence-corrected chi connectivity index (χ0v) is 35.3. The van der Waals surface area contributed by atoms with Gasteiger partial charge in [0.25, 0.3) is 0 Å². The summed E-state index contributed by atoms with van der Waals surface area (Å²) in [6, 6.07) is 6.45. The van der Waals surface area contributed by atoms with Gasteiger partial charge < -0.3 is 68.9 Å². The van der Waals surface area contributed by atoms with Gasteiger partial charge >= 0.3 is 13.6 Å². The van der Waals surface area contributed by atoms with Gasteiger partial charge in [0.15, 0.2) is 5.11 Å². The molecule has 4 rings (SSSR count). The first-order valence-corrected chi connectivity index (χ1v) is 21.7. The smallest absolute Gasteiger partial charge is 0.325 e. The Labute approximate surface area is 362 Å². The summed E-state index contributed by atoms with van der Waals surface area (Å²) in [4.78, 5) is 30.0. The molecule has 7 N–H and O–H groups in total. The van der Waals surface area contributed by atoms with Gasteiger partial charge in [-0.25, -0.2) is 17.9 Å². The van der Waals surface area contributed by atoms with Crippen LogP contribution in [0.25, 0.3) is 0 Å². The summed E-state index contributed by atoms with van der Waals surface area (Å²) in [5, 5.41) is 45.5. The molecule has 19 nitrogen and oxygen atoms in total. The van der Waals surface area contributed by atoms with E-state index in [0.717, 1.165) is 18.5 Å². The first-order chi connectivity index (χ1) is 30.0. The number of nitrogens with one attached hydrogen (secondary N) is 2. The Hall–Kier alpha value is -3.98. The summed E-state index contributed by atoms with van der Waals surface area (Å²) >= 11 is 5.37. The predicted molar refractivity (Wildman–Crippen MR) is 212 cm³/mol. The minimum Gasteiger partial charge on any atom is -0.462 e. The molecule has 1 aromatic heterocycles. The average Bonchev–Trinajstić information content (AvgIpc) is 3.71. The minimum atomic E-state index is -4.38. The van der Waals surface area contributed by atoms with Crippen LogP contribution in [0.1, 0.15) is 31.4 Å². The Morgan fingerprint density at radius 2 is 1.40 bits per heavy atom. The quantitative estimate of drug-likeness (QED) is 0.00844. The second-order valence-electron chi connectivity index (χ2n) is 13.7. The van der Waals surface area contributed by atoms with Crippen molar-refractivity contribution in [3.63, 3.8) is 0 Å². The van der Waals surface area contributed by atoms with Crippen molar-refractivity contribution in [1.29, 1.82) is 0 Å². The van der Waals surface area contributed by atoms with Gasteiger partial charge in [-0.1, -0.05) is 5.21 Å². The molecule has 26 heteroatoms. The molecule has 0 saturated carbocycles. The third-order valence-electron chi connectivity index (χ3n) is 8.89. The van der Waals surface area contributed by atoms with Crippen LogP contribution < -0.4 is 20.1 Å². The van der Waals surface area contributed by atoms with Gasteiger partial charge in [-0.3, -0.25) is 9.36 Å². The molecular weight excluding hydrogens is 896 g/mol. The van der Waals surface area contributed by atoms with E-state index >= 15 is 0 Å².